The number of carbonyl (C=O) groups excluding carboxylic acids is 1. The SMILES string of the molecule is CC(C)Cc1nnc(NC(=O)C2(CN)CCCC2)s1.Cl. The first-order chi connectivity index (χ1) is 9.05. The van der Waals surface area contributed by atoms with E-state index in [0.29, 0.717) is 17.6 Å². The molecule has 0 aliphatic heterocycles. The monoisotopic (exact) mass is 318 g/mol. The number of nitrogens with two attached hydrogens (primary N) is 1. The van der Waals surface area contributed by atoms with Crippen LogP contribution in [0.2, 0.25) is 0 Å². The molecule has 2 rings (SSSR count). The van der Waals surface area contributed by atoms with Gasteiger partial charge >= 0.3 is 0 Å². The third-order valence-corrected chi connectivity index (χ3v) is 4.56. The van der Waals surface area contributed by atoms with Crippen molar-refractivity contribution in [3.8, 4) is 0 Å². The number of anilines is 1. The van der Waals surface area contributed by atoms with Crippen LogP contribution in [0, 0.1) is 11.3 Å². The molecule has 1 aliphatic rings. The molecule has 1 heterocycles. The fraction of sp³-hybridized carbons (Fsp3) is 0.769. The fourth-order valence-electron chi connectivity index (χ4n) is 2.54. The van der Waals surface area contributed by atoms with Crippen molar-refractivity contribution in [1.82, 2.24) is 10.2 Å². The summed E-state index contributed by atoms with van der Waals surface area (Å²) in [4.78, 5) is 12.3. The van der Waals surface area contributed by atoms with Gasteiger partial charge in [-0.3, -0.25) is 10.1 Å². The molecule has 20 heavy (non-hydrogen) atoms. The van der Waals surface area contributed by atoms with Crippen LogP contribution in [-0.2, 0) is 11.2 Å². The van der Waals surface area contributed by atoms with E-state index in [0.717, 1.165) is 37.1 Å². The van der Waals surface area contributed by atoms with Crippen molar-refractivity contribution in [2.75, 3.05) is 11.9 Å². The zero-order valence-corrected chi connectivity index (χ0v) is 13.6. The summed E-state index contributed by atoms with van der Waals surface area (Å²) in [6.45, 7) is 4.69. The molecule has 0 atom stereocenters. The number of hydrogen-bond acceptors (Lipinski definition) is 5. The Morgan fingerprint density at radius 1 is 1.40 bits per heavy atom. The maximum Gasteiger partial charge on any atom is 0.233 e. The largest absolute Gasteiger partial charge is 0.329 e. The third kappa shape index (κ3) is 3.90. The lowest BCUT2D eigenvalue weighted by atomic mass is 9.85. The summed E-state index contributed by atoms with van der Waals surface area (Å²) in [7, 11) is 0. The van der Waals surface area contributed by atoms with Gasteiger partial charge in [-0.1, -0.05) is 38.0 Å². The van der Waals surface area contributed by atoms with E-state index < -0.39 is 0 Å². The molecule has 5 nitrogen and oxygen atoms in total. The molecule has 0 radical (unpaired) electrons. The standard InChI is InChI=1S/C13H22N4OS.ClH/c1-9(2)7-10-16-17-12(19-10)15-11(18)13(8-14)5-3-4-6-13;/h9H,3-8,14H2,1-2H3,(H,15,17,18);1H. The van der Waals surface area contributed by atoms with Crippen molar-refractivity contribution in [2.24, 2.45) is 17.1 Å². The van der Waals surface area contributed by atoms with E-state index in [-0.39, 0.29) is 23.7 Å². The first-order valence-corrected chi connectivity index (χ1v) is 7.71. The zero-order valence-electron chi connectivity index (χ0n) is 12.0. The Labute approximate surface area is 130 Å². The van der Waals surface area contributed by atoms with Gasteiger partial charge in [-0.15, -0.1) is 22.6 Å². The van der Waals surface area contributed by atoms with E-state index in [9.17, 15) is 4.79 Å². The average Bonchev–Trinajstić information content (AvgIpc) is 2.98. The number of amides is 1. The zero-order chi connectivity index (χ0) is 13.9. The average molecular weight is 319 g/mol. The van der Waals surface area contributed by atoms with Gasteiger partial charge in [0, 0.05) is 13.0 Å². The van der Waals surface area contributed by atoms with Gasteiger partial charge in [0.1, 0.15) is 5.01 Å². The van der Waals surface area contributed by atoms with Crippen LogP contribution >= 0.6 is 23.7 Å². The Kier molecular flexibility index (Phi) is 6.36. The van der Waals surface area contributed by atoms with E-state index in [4.69, 9.17) is 5.73 Å². The minimum atomic E-state index is -0.385. The summed E-state index contributed by atoms with van der Waals surface area (Å²) in [5, 5.41) is 12.6. The third-order valence-electron chi connectivity index (χ3n) is 3.70. The maximum absolute atomic E-state index is 12.3. The second kappa shape index (κ2) is 7.33. The summed E-state index contributed by atoms with van der Waals surface area (Å²) in [5.74, 6) is 0.557. The minimum absolute atomic E-state index is 0. The molecule has 0 spiro atoms. The van der Waals surface area contributed by atoms with Crippen molar-refractivity contribution in [2.45, 2.75) is 46.0 Å². The van der Waals surface area contributed by atoms with Crippen LogP contribution in [0.25, 0.3) is 0 Å². The Morgan fingerprint density at radius 3 is 2.60 bits per heavy atom. The van der Waals surface area contributed by atoms with Crippen LogP contribution < -0.4 is 11.1 Å². The van der Waals surface area contributed by atoms with Crippen molar-refractivity contribution in [3.63, 3.8) is 0 Å². The highest BCUT2D eigenvalue weighted by molar-refractivity contribution is 7.15. The lowest BCUT2D eigenvalue weighted by Crippen LogP contribution is -2.40. The Bertz CT molecular complexity index is 443. The van der Waals surface area contributed by atoms with Gasteiger partial charge in [0.2, 0.25) is 11.0 Å². The molecule has 1 aromatic heterocycles. The Morgan fingerprint density at radius 2 is 2.05 bits per heavy atom. The molecular formula is C13H23ClN4OS. The molecule has 1 saturated carbocycles. The molecule has 1 aromatic rings. The number of aromatic nitrogens is 2. The van der Waals surface area contributed by atoms with E-state index in [2.05, 4.69) is 29.4 Å². The summed E-state index contributed by atoms with van der Waals surface area (Å²) < 4.78 is 0. The number of nitrogens with zero attached hydrogens (tertiary/aromatic N) is 2. The van der Waals surface area contributed by atoms with E-state index in [1.807, 2.05) is 0 Å². The van der Waals surface area contributed by atoms with Crippen LogP contribution in [0.1, 0.15) is 44.5 Å². The van der Waals surface area contributed by atoms with Crippen LogP contribution in [0.5, 0.6) is 0 Å². The van der Waals surface area contributed by atoms with E-state index in [1.54, 1.807) is 0 Å². The fourth-order valence-corrected chi connectivity index (χ4v) is 3.49. The van der Waals surface area contributed by atoms with Gasteiger partial charge < -0.3 is 5.73 Å². The molecule has 0 aromatic carbocycles. The van der Waals surface area contributed by atoms with Crippen LogP contribution in [0.3, 0.4) is 0 Å². The number of rotatable bonds is 5. The second-order valence-corrected chi connectivity index (χ2v) is 6.81. The quantitative estimate of drug-likeness (QED) is 0.874. The summed E-state index contributed by atoms with van der Waals surface area (Å²) in [5.41, 5.74) is 5.42. The second-order valence-electron chi connectivity index (χ2n) is 5.74. The highest BCUT2D eigenvalue weighted by atomic mass is 35.5. The first-order valence-electron chi connectivity index (χ1n) is 6.89. The topological polar surface area (TPSA) is 80.9 Å². The number of nitrogens with one attached hydrogen (secondary N) is 1. The van der Waals surface area contributed by atoms with Crippen LogP contribution in [-0.4, -0.2) is 22.6 Å². The highest BCUT2D eigenvalue weighted by Crippen LogP contribution is 2.38. The van der Waals surface area contributed by atoms with Crippen molar-refractivity contribution < 1.29 is 4.79 Å². The molecule has 1 fully saturated rings. The predicted molar refractivity (Wildman–Crippen MR) is 84.3 cm³/mol. The molecule has 0 saturated heterocycles. The highest BCUT2D eigenvalue weighted by Gasteiger charge is 2.40. The first kappa shape index (κ1) is 17.3. The molecule has 7 heteroatoms. The van der Waals surface area contributed by atoms with Crippen molar-refractivity contribution in [3.05, 3.63) is 5.01 Å². The molecule has 0 bridgehead atoms. The molecular weight excluding hydrogens is 296 g/mol. The molecule has 1 amide bonds. The number of hydrogen-bond donors (Lipinski definition) is 2. The summed E-state index contributed by atoms with van der Waals surface area (Å²) in [6, 6.07) is 0. The van der Waals surface area contributed by atoms with Crippen molar-refractivity contribution in [1.29, 1.82) is 0 Å². The van der Waals surface area contributed by atoms with Gasteiger partial charge in [0.05, 0.1) is 5.41 Å². The van der Waals surface area contributed by atoms with Crippen LogP contribution in [0.4, 0.5) is 5.13 Å². The van der Waals surface area contributed by atoms with Gasteiger partial charge in [0.25, 0.3) is 0 Å². The summed E-state index contributed by atoms with van der Waals surface area (Å²) >= 11 is 1.46. The van der Waals surface area contributed by atoms with Gasteiger partial charge in [0.15, 0.2) is 0 Å². The van der Waals surface area contributed by atoms with Gasteiger partial charge in [-0.2, -0.15) is 0 Å². The van der Waals surface area contributed by atoms with E-state index in [1.165, 1.54) is 11.3 Å². The van der Waals surface area contributed by atoms with Crippen molar-refractivity contribution >= 4 is 34.8 Å². The predicted octanol–water partition coefficient (Wildman–Crippen LogP) is 2.62. The van der Waals surface area contributed by atoms with Gasteiger partial charge in [-0.25, -0.2) is 0 Å². The lowest BCUT2D eigenvalue weighted by molar-refractivity contribution is -0.124. The molecule has 114 valence electrons. The smallest absolute Gasteiger partial charge is 0.233 e. The Balaban J connectivity index is 0.00000200. The molecule has 3 N–H and O–H groups in total. The maximum atomic E-state index is 12.3. The molecule has 1 aliphatic carbocycles. The molecule has 0 unspecified atom stereocenters. The number of halogens is 1. The lowest BCUT2D eigenvalue weighted by Gasteiger charge is -2.24. The van der Waals surface area contributed by atoms with Crippen LogP contribution in [0.15, 0.2) is 0 Å². The minimum Gasteiger partial charge on any atom is -0.329 e. The normalized spacial score (nSPS) is 17.0. The Hall–Kier alpha value is -0.720. The summed E-state index contributed by atoms with van der Waals surface area (Å²) in [6.07, 6.45) is 4.83. The van der Waals surface area contributed by atoms with E-state index >= 15 is 0 Å². The number of carbonyl (C=O) groups is 1. The van der Waals surface area contributed by atoms with Gasteiger partial charge in [-0.05, 0) is 18.8 Å².